The third kappa shape index (κ3) is 2.87. The second kappa shape index (κ2) is 6.14. The predicted octanol–water partition coefficient (Wildman–Crippen LogP) is 3.18. The molecule has 0 radical (unpaired) electrons. The Labute approximate surface area is 135 Å². The molecule has 5 heteroatoms. The Hall–Kier alpha value is -2.17. The van der Waals surface area contributed by atoms with E-state index in [1.807, 2.05) is 0 Å². The van der Waals surface area contributed by atoms with Gasteiger partial charge in [-0.25, -0.2) is 4.79 Å². The van der Waals surface area contributed by atoms with Crippen molar-refractivity contribution in [3.8, 4) is 0 Å². The molecule has 23 heavy (non-hydrogen) atoms. The van der Waals surface area contributed by atoms with Crippen LogP contribution in [0.4, 0.5) is 0 Å². The molecule has 122 valence electrons. The first-order valence-corrected chi connectivity index (χ1v) is 8.22. The van der Waals surface area contributed by atoms with Crippen molar-refractivity contribution in [2.45, 2.75) is 58.1 Å². The van der Waals surface area contributed by atoms with Gasteiger partial charge in [-0.05, 0) is 44.9 Å². The number of rotatable bonds is 3. The van der Waals surface area contributed by atoms with Gasteiger partial charge in [0.05, 0.1) is 22.8 Å². The fraction of sp³-hybridized carbons (Fsp3) is 0.500. The molecule has 2 aliphatic rings. The Bertz CT molecular complexity index is 659. The summed E-state index contributed by atoms with van der Waals surface area (Å²) < 4.78 is 5.15. The zero-order valence-corrected chi connectivity index (χ0v) is 13.5. The summed E-state index contributed by atoms with van der Waals surface area (Å²) in [5.74, 6) is -0.990. The molecule has 0 saturated heterocycles. The monoisotopic (exact) mass is 315 g/mol. The number of esters is 1. The third-order valence-corrected chi connectivity index (χ3v) is 4.44. The van der Waals surface area contributed by atoms with E-state index in [2.05, 4.69) is 0 Å². The summed E-state index contributed by atoms with van der Waals surface area (Å²) >= 11 is 0. The summed E-state index contributed by atoms with van der Waals surface area (Å²) in [4.78, 5) is 38.6. The molecular formula is C18H21NO4. The summed E-state index contributed by atoms with van der Waals surface area (Å²) in [6.45, 7) is 3.54. The Morgan fingerprint density at radius 1 is 1.09 bits per heavy atom. The van der Waals surface area contributed by atoms with Gasteiger partial charge in [0.2, 0.25) is 0 Å². The molecule has 0 N–H and O–H groups in total. The number of nitrogens with zero attached hydrogens (tertiary/aromatic N) is 1. The summed E-state index contributed by atoms with van der Waals surface area (Å²) in [5.41, 5.74) is 1.02. The molecule has 1 aromatic carbocycles. The SMILES string of the molecule is CC(C)OC(=O)c1ccc2c(c1)C(=O)N(C1CCCCC1)C2=O. The molecule has 1 aliphatic heterocycles. The molecule has 2 amide bonds. The summed E-state index contributed by atoms with van der Waals surface area (Å²) in [7, 11) is 0. The maximum Gasteiger partial charge on any atom is 0.338 e. The largest absolute Gasteiger partial charge is 0.459 e. The average molecular weight is 315 g/mol. The van der Waals surface area contributed by atoms with Crippen LogP contribution in [0.1, 0.15) is 77.0 Å². The van der Waals surface area contributed by atoms with Crippen molar-refractivity contribution < 1.29 is 19.1 Å². The summed E-state index contributed by atoms with van der Waals surface area (Å²) in [5, 5.41) is 0. The molecule has 1 heterocycles. The summed E-state index contributed by atoms with van der Waals surface area (Å²) in [6.07, 6.45) is 4.76. The number of imide groups is 1. The van der Waals surface area contributed by atoms with E-state index in [9.17, 15) is 14.4 Å². The molecule has 1 saturated carbocycles. The van der Waals surface area contributed by atoms with Gasteiger partial charge in [0.25, 0.3) is 11.8 Å². The molecule has 1 aromatic rings. The van der Waals surface area contributed by atoms with Crippen LogP contribution in [0.25, 0.3) is 0 Å². The van der Waals surface area contributed by atoms with Gasteiger partial charge in [-0.3, -0.25) is 14.5 Å². The number of ether oxygens (including phenoxy) is 1. The van der Waals surface area contributed by atoms with E-state index in [0.717, 1.165) is 32.1 Å². The van der Waals surface area contributed by atoms with E-state index < -0.39 is 5.97 Å². The molecule has 1 fully saturated rings. The Morgan fingerprint density at radius 2 is 1.74 bits per heavy atom. The van der Waals surface area contributed by atoms with Gasteiger partial charge in [-0.2, -0.15) is 0 Å². The zero-order chi connectivity index (χ0) is 16.6. The third-order valence-electron chi connectivity index (χ3n) is 4.44. The van der Waals surface area contributed by atoms with E-state index in [4.69, 9.17) is 4.74 Å². The highest BCUT2D eigenvalue weighted by atomic mass is 16.5. The maximum absolute atomic E-state index is 12.7. The second-order valence-electron chi connectivity index (χ2n) is 6.49. The van der Waals surface area contributed by atoms with Gasteiger partial charge in [0.1, 0.15) is 0 Å². The van der Waals surface area contributed by atoms with Crippen molar-refractivity contribution in [2.24, 2.45) is 0 Å². The van der Waals surface area contributed by atoms with Gasteiger partial charge in [0.15, 0.2) is 0 Å². The zero-order valence-electron chi connectivity index (χ0n) is 13.5. The Morgan fingerprint density at radius 3 is 2.39 bits per heavy atom. The Balaban J connectivity index is 1.88. The Kier molecular flexibility index (Phi) is 4.20. The van der Waals surface area contributed by atoms with Gasteiger partial charge in [-0.1, -0.05) is 19.3 Å². The quantitative estimate of drug-likeness (QED) is 0.635. The van der Waals surface area contributed by atoms with Crippen LogP contribution >= 0.6 is 0 Å². The van der Waals surface area contributed by atoms with Crippen LogP contribution in [0.15, 0.2) is 18.2 Å². The number of amides is 2. The lowest BCUT2D eigenvalue weighted by atomic mass is 9.94. The van der Waals surface area contributed by atoms with Crippen LogP contribution in [0, 0.1) is 0 Å². The van der Waals surface area contributed by atoms with Crippen molar-refractivity contribution in [3.05, 3.63) is 34.9 Å². The van der Waals surface area contributed by atoms with Gasteiger partial charge in [0, 0.05) is 6.04 Å². The molecule has 0 aromatic heterocycles. The molecule has 0 atom stereocenters. The lowest BCUT2D eigenvalue weighted by Crippen LogP contribution is -2.40. The van der Waals surface area contributed by atoms with Crippen molar-refractivity contribution in [1.82, 2.24) is 4.90 Å². The molecule has 0 spiro atoms. The predicted molar refractivity (Wildman–Crippen MR) is 84.4 cm³/mol. The van der Waals surface area contributed by atoms with Crippen molar-refractivity contribution >= 4 is 17.8 Å². The number of hydrogen-bond acceptors (Lipinski definition) is 4. The number of hydrogen-bond donors (Lipinski definition) is 0. The van der Waals surface area contributed by atoms with Gasteiger partial charge < -0.3 is 4.74 Å². The van der Waals surface area contributed by atoms with Crippen LogP contribution in [-0.2, 0) is 4.74 Å². The van der Waals surface area contributed by atoms with E-state index in [1.54, 1.807) is 26.0 Å². The topological polar surface area (TPSA) is 63.7 Å². The summed E-state index contributed by atoms with van der Waals surface area (Å²) in [6, 6.07) is 4.60. The fourth-order valence-corrected chi connectivity index (χ4v) is 3.34. The van der Waals surface area contributed by atoms with E-state index in [0.29, 0.717) is 16.7 Å². The van der Waals surface area contributed by atoms with Crippen molar-refractivity contribution in [1.29, 1.82) is 0 Å². The molecule has 1 aliphatic carbocycles. The lowest BCUT2D eigenvalue weighted by Gasteiger charge is -2.29. The average Bonchev–Trinajstić information content (AvgIpc) is 2.78. The molecule has 5 nitrogen and oxygen atoms in total. The first-order chi connectivity index (χ1) is 11.0. The van der Waals surface area contributed by atoms with Crippen LogP contribution in [0.5, 0.6) is 0 Å². The first kappa shape index (κ1) is 15.7. The molecule has 3 rings (SSSR count). The first-order valence-electron chi connectivity index (χ1n) is 8.22. The van der Waals surface area contributed by atoms with E-state index in [1.165, 1.54) is 11.0 Å². The van der Waals surface area contributed by atoms with Gasteiger partial charge >= 0.3 is 5.97 Å². The molecule has 0 unspecified atom stereocenters. The van der Waals surface area contributed by atoms with Crippen LogP contribution in [0.3, 0.4) is 0 Å². The van der Waals surface area contributed by atoms with Crippen LogP contribution < -0.4 is 0 Å². The highest BCUT2D eigenvalue weighted by Gasteiger charge is 2.40. The number of fused-ring (bicyclic) bond motifs is 1. The minimum atomic E-state index is -0.473. The standard InChI is InChI=1S/C18H21NO4/c1-11(2)23-18(22)12-8-9-14-15(10-12)17(21)19(16(14)20)13-6-4-3-5-7-13/h8-11,13H,3-7H2,1-2H3. The fourth-order valence-electron chi connectivity index (χ4n) is 3.34. The molecule has 0 bridgehead atoms. The van der Waals surface area contributed by atoms with Gasteiger partial charge in [-0.15, -0.1) is 0 Å². The molecular weight excluding hydrogens is 294 g/mol. The number of benzene rings is 1. The maximum atomic E-state index is 12.7. The smallest absolute Gasteiger partial charge is 0.338 e. The lowest BCUT2D eigenvalue weighted by molar-refractivity contribution is 0.0377. The highest BCUT2D eigenvalue weighted by molar-refractivity contribution is 6.22. The van der Waals surface area contributed by atoms with Crippen molar-refractivity contribution in [2.75, 3.05) is 0 Å². The normalized spacial score (nSPS) is 18.5. The van der Waals surface area contributed by atoms with Crippen LogP contribution in [-0.4, -0.2) is 34.8 Å². The minimum Gasteiger partial charge on any atom is -0.459 e. The van der Waals surface area contributed by atoms with E-state index in [-0.39, 0.29) is 24.0 Å². The minimum absolute atomic E-state index is 0.0118. The van der Waals surface area contributed by atoms with Crippen LogP contribution in [0.2, 0.25) is 0 Å². The van der Waals surface area contributed by atoms with Crippen molar-refractivity contribution in [3.63, 3.8) is 0 Å². The second-order valence-corrected chi connectivity index (χ2v) is 6.49. The number of carbonyl (C=O) groups excluding carboxylic acids is 3. The highest BCUT2D eigenvalue weighted by Crippen LogP contribution is 2.31. The number of carbonyl (C=O) groups is 3. The van der Waals surface area contributed by atoms with E-state index >= 15 is 0 Å².